The molecule has 0 aliphatic carbocycles. The van der Waals surface area contributed by atoms with Crippen LogP contribution in [-0.4, -0.2) is 17.6 Å². The van der Waals surface area contributed by atoms with Crippen molar-refractivity contribution in [3.05, 3.63) is 102 Å². The molecule has 1 amide bonds. The normalized spacial score (nSPS) is 13.1. The highest BCUT2D eigenvalue weighted by atomic mass is 32.1. The van der Waals surface area contributed by atoms with E-state index in [1.165, 1.54) is 5.56 Å². The lowest BCUT2D eigenvalue weighted by atomic mass is 9.90. The number of carbonyl (C=O) groups excluding carboxylic acids is 1. The SMILES string of the molecule is O=C(NC(=S)N1CCCc2ccccc21)C(c1ccccc1)c1ccccc1. The molecule has 28 heavy (non-hydrogen) atoms. The average molecular weight is 387 g/mol. The van der Waals surface area contributed by atoms with Gasteiger partial charge in [0.15, 0.2) is 5.11 Å². The minimum atomic E-state index is -0.402. The van der Waals surface area contributed by atoms with Crippen molar-refractivity contribution < 1.29 is 4.79 Å². The standard InChI is InChI=1S/C24H22N2OS/c27-23(22(19-11-3-1-4-12-19)20-13-5-2-6-14-20)25-24(28)26-17-9-15-18-10-7-8-16-21(18)26/h1-8,10-14,16,22H,9,15,17H2,(H,25,27,28). The summed E-state index contributed by atoms with van der Waals surface area (Å²) in [7, 11) is 0. The number of nitrogens with one attached hydrogen (secondary N) is 1. The number of hydrogen-bond donors (Lipinski definition) is 1. The molecule has 1 N–H and O–H groups in total. The first kappa shape index (κ1) is 18.4. The number of anilines is 1. The molecule has 3 nitrogen and oxygen atoms in total. The predicted octanol–water partition coefficient (Wildman–Crippen LogP) is 4.67. The number of hydrogen-bond acceptors (Lipinski definition) is 2. The highest BCUT2D eigenvalue weighted by molar-refractivity contribution is 7.80. The van der Waals surface area contributed by atoms with Crippen molar-refractivity contribution in [1.29, 1.82) is 0 Å². The summed E-state index contributed by atoms with van der Waals surface area (Å²) in [4.78, 5) is 15.3. The van der Waals surface area contributed by atoms with Gasteiger partial charge in [-0.1, -0.05) is 78.9 Å². The van der Waals surface area contributed by atoms with Crippen LogP contribution in [0.25, 0.3) is 0 Å². The maximum atomic E-state index is 13.3. The number of nitrogens with zero attached hydrogens (tertiary/aromatic N) is 1. The maximum absolute atomic E-state index is 13.3. The molecule has 1 aliphatic rings. The van der Waals surface area contributed by atoms with Crippen LogP contribution < -0.4 is 10.2 Å². The molecule has 0 bridgehead atoms. The van der Waals surface area contributed by atoms with Crippen molar-refractivity contribution in [2.45, 2.75) is 18.8 Å². The second-order valence-electron chi connectivity index (χ2n) is 6.93. The summed E-state index contributed by atoms with van der Waals surface area (Å²) in [5, 5.41) is 3.47. The number of aryl methyl sites for hydroxylation is 1. The van der Waals surface area contributed by atoms with Crippen LogP contribution in [0.1, 0.15) is 29.0 Å². The fourth-order valence-electron chi connectivity index (χ4n) is 3.78. The van der Waals surface area contributed by atoms with E-state index in [4.69, 9.17) is 12.2 Å². The highest BCUT2D eigenvalue weighted by Crippen LogP contribution is 2.28. The summed E-state index contributed by atoms with van der Waals surface area (Å²) in [5.41, 5.74) is 4.27. The van der Waals surface area contributed by atoms with Gasteiger partial charge in [0, 0.05) is 12.2 Å². The lowest BCUT2D eigenvalue weighted by Crippen LogP contribution is -2.46. The van der Waals surface area contributed by atoms with Crippen LogP contribution >= 0.6 is 12.2 Å². The molecule has 4 heteroatoms. The minimum absolute atomic E-state index is 0.106. The van der Waals surface area contributed by atoms with Crippen LogP contribution in [-0.2, 0) is 11.2 Å². The van der Waals surface area contributed by atoms with Gasteiger partial charge in [-0.05, 0) is 47.8 Å². The first-order valence-corrected chi connectivity index (χ1v) is 9.95. The minimum Gasteiger partial charge on any atom is -0.318 e. The smallest absolute Gasteiger partial charge is 0.238 e. The lowest BCUT2D eigenvalue weighted by Gasteiger charge is -2.32. The van der Waals surface area contributed by atoms with Gasteiger partial charge in [0.05, 0.1) is 5.92 Å². The van der Waals surface area contributed by atoms with E-state index in [9.17, 15) is 4.79 Å². The molecule has 4 rings (SSSR count). The Bertz CT molecular complexity index is 933. The molecule has 0 fully saturated rings. The fourth-order valence-corrected chi connectivity index (χ4v) is 4.07. The topological polar surface area (TPSA) is 32.3 Å². The summed E-state index contributed by atoms with van der Waals surface area (Å²) in [6.45, 7) is 0.817. The van der Waals surface area contributed by atoms with Crippen molar-refractivity contribution in [3.8, 4) is 0 Å². The van der Waals surface area contributed by atoms with Gasteiger partial charge in [0.2, 0.25) is 5.91 Å². The van der Waals surface area contributed by atoms with Gasteiger partial charge in [0.1, 0.15) is 0 Å². The molecular weight excluding hydrogens is 364 g/mol. The molecule has 0 aromatic heterocycles. The van der Waals surface area contributed by atoms with E-state index in [0.717, 1.165) is 36.2 Å². The van der Waals surface area contributed by atoms with Crippen LogP contribution in [0.3, 0.4) is 0 Å². The molecule has 3 aromatic rings. The Hall–Kier alpha value is -2.98. The fraction of sp³-hybridized carbons (Fsp3) is 0.167. The molecule has 0 unspecified atom stereocenters. The molecule has 0 spiro atoms. The molecule has 0 saturated carbocycles. The van der Waals surface area contributed by atoms with E-state index in [2.05, 4.69) is 17.4 Å². The number of benzene rings is 3. The molecule has 3 aromatic carbocycles. The van der Waals surface area contributed by atoms with Crippen LogP contribution in [0.5, 0.6) is 0 Å². The summed E-state index contributed by atoms with van der Waals surface area (Å²) in [6.07, 6.45) is 2.06. The van der Waals surface area contributed by atoms with Gasteiger partial charge in [-0.3, -0.25) is 4.79 Å². The van der Waals surface area contributed by atoms with Gasteiger partial charge in [-0.15, -0.1) is 0 Å². The zero-order chi connectivity index (χ0) is 19.3. The Morgan fingerprint density at radius 3 is 2.07 bits per heavy atom. The van der Waals surface area contributed by atoms with E-state index >= 15 is 0 Å². The van der Waals surface area contributed by atoms with Crippen molar-refractivity contribution in [3.63, 3.8) is 0 Å². The first-order chi connectivity index (χ1) is 13.7. The van der Waals surface area contributed by atoms with Crippen LogP contribution in [0, 0.1) is 0 Å². The highest BCUT2D eigenvalue weighted by Gasteiger charge is 2.26. The van der Waals surface area contributed by atoms with Gasteiger partial charge < -0.3 is 10.2 Å². The molecular formula is C24H22N2OS. The molecule has 1 aliphatic heterocycles. The average Bonchev–Trinajstić information content (AvgIpc) is 2.75. The van der Waals surface area contributed by atoms with Crippen molar-refractivity contribution >= 4 is 28.9 Å². The van der Waals surface area contributed by atoms with Crippen molar-refractivity contribution in [2.75, 3.05) is 11.4 Å². The van der Waals surface area contributed by atoms with Gasteiger partial charge >= 0.3 is 0 Å². The summed E-state index contributed by atoms with van der Waals surface area (Å²) in [6, 6.07) is 27.9. The number of amides is 1. The number of fused-ring (bicyclic) bond motifs is 1. The number of thiocarbonyl (C=S) groups is 1. The summed E-state index contributed by atoms with van der Waals surface area (Å²) >= 11 is 5.64. The molecule has 0 saturated heterocycles. The lowest BCUT2D eigenvalue weighted by molar-refractivity contribution is -0.120. The number of para-hydroxylation sites is 1. The molecule has 0 radical (unpaired) electrons. The Balaban J connectivity index is 1.60. The van der Waals surface area contributed by atoms with Gasteiger partial charge in [0.25, 0.3) is 0 Å². The third kappa shape index (κ3) is 3.82. The first-order valence-electron chi connectivity index (χ1n) is 9.54. The van der Waals surface area contributed by atoms with E-state index in [1.54, 1.807) is 0 Å². The predicted molar refractivity (Wildman–Crippen MR) is 118 cm³/mol. The Morgan fingerprint density at radius 1 is 0.857 bits per heavy atom. The third-order valence-corrected chi connectivity index (χ3v) is 5.44. The molecule has 140 valence electrons. The number of carbonyl (C=O) groups is 1. The second kappa shape index (κ2) is 8.36. The van der Waals surface area contributed by atoms with E-state index in [1.807, 2.05) is 77.7 Å². The maximum Gasteiger partial charge on any atom is 0.238 e. The second-order valence-corrected chi connectivity index (χ2v) is 7.32. The van der Waals surface area contributed by atoms with Crippen LogP contribution in [0.4, 0.5) is 5.69 Å². The van der Waals surface area contributed by atoms with Crippen LogP contribution in [0.15, 0.2) is 84.9 Å². The van der Waals surface area contributed by atoms with E-state index in [-0.39, 0.29) is 5.91 Å². The number of rotatable bonds is 3. The van der Waals surface area contributed by atoms with Gasteiger partial charge in [-0.25, -0.2) is 0 Å². The Labute approximate surface area is 171 Å². The quantitative estimate of drug-likeness (QED) is 0.664. The third-order valence-electron chi connectivity index (χ3n) is 5.11. The van der Waals surface area contributed by atoms with Crippen molar-refractivity contribution in [1.82, 2.24) is 5.32 Å². The monoisotopic (exact) mass is 386 g/mol. The molecule has 0 atom stereocenters. The van der Waals surface area contributed by atoms with E-state index in [0.29, 0.717) is 5.11 Å². The molecule has 1 heterocycles. The zero-order valence-corrected chi connectivity index (χ0v) is 16.4. The zero-order valence-electron chi connectivity index (χ0n) is 15.5. The summed E-state index contributed by atoms with van der Waals surface area (Å²) < 4.78 is 0. The largest absolute Gasteiger partial charge is 0.318 e. The van der Waals surface area contributed by atoms with Gasteiger partial charge in [-0.2, -0.15) is 0 Å². The van der Waals surface area contributed by atoms with E-state index < -0.39 is 5.92 Å². The van der Waals surface area contributed by atoms with Crippen molar-refractivity contribution in [2.24, 2.45) is 0 Å². The summed E-state index contributed by atoms with van der Waals surface area (Å²) in [5.74, 6) is -0.508. The Kier molecular flexibility index (Phi) is 5.49. The van der Waals surface area contributed by atoms with Crippen LogP contribution in [0.2, 0.25) is 0 Å². The Morgan fingerprint density at radius 2 is 1.43 bits per heavy atom.